The van der Waals surface area contributed by atoms with Gasteiger partial charge in [0.25, 0.3) is 0 Å². The maximum atomic E-state index is 14.2. The van der Waals surface area contributed by atoms with Crippen LogP contribution in [-0.2, 0) is 4.74 Å². The predicted octanol–water partition coefficient (Wildman–Crippen LogP) is 3.32. The second-order valence-corrected chi connectivity index (χ2v) is 6.12. The molecule has 4 rings (SSSR count). The van der Waals surface area contributed by atoms with Crippen LogP contribution in [0.2, 0.25) is 0 Å². The van der Waals surface area contributed by atoms with Gasteiger partial charge < -0.3 is 15.2 Å². The minimum atomic E-state index is -0.832. The highest BCUT2D eigenvalue weighted by molar-refractivity contribution is 6.01. The molecule has 1 aliphatic heterocycles. The summed E-state index contributed by atoms with van der Waals surface area (Å²) in [6.45, 7) is 1.34. The standard InChI is InChI=1S/C20H16FN3O2/c1-2-12-7-8-16(19(25)17(12)21)18-14-5-3-4-6-15(14)20(24-23-18)22-13-9-10-26-11-13/h1,3-8,13,25H,9-11H2,(H,22,24)/t13-/m1/s1. The van der Waals surface area contributed by atoms with Crippen molar-refractivity contribution in [3.63, 3.8) is 0 Å². The number of fused-ring (bicyclic) bond motifs is 1. The third kappa shape index (κ3) is 2.72. The Morgan fingerprint density at radius 3 is 2.73 bits per heavy atom. The zero-order valence-electron chi connectivity index (χ0n) is 13.9. The number of phenolic OH excluding ortho intramolecular Hbond substituents is 1. The lowest BCUT2D eigenvalue weighted by atomic mass is 10.0. The molecule has 0 bridgehead atoms. The molecule has 2 aromatic carbocycles. The Hall–Kier alpha value is -3.17. The zero-order valence-corrected chi connectivity index (χ0v) is 13.9. The number of anilines is 1. The van der Waals surface area contributed by atoms with Crippen LogP contribution in [0.15, 0.2) is 36.4 Å². The first-order chi connectivity index (χ1) is 12.7. The van der Waals surface area contributed by atoms with Crippen molar-refractivity contribution >= 4 is 16.6 Å². The van der Waals surface area contributed by atoms with Gasteiger partial charge in [0, 0.05) is 22.9 Å². The Morgan fingerprint density at radius 2 is 2.00 bits per heavy atom. The lowest BCUT2D eigenvalue weighted by Crippen LogP contribution is -2.20. The molecule has 0 radical (unpaired) electrons. The number of ether oxygens (including phenoxy) is 1. The zero-order chi connectivity index (χ0) is 18.1. The summed E-state index contributed by atoms with van der Waals surface area (Å²) in [4.78, 5) is 0. The van der Waals surface area contributed by atoms with Crippen LogP contribution in [0.4, 0.5) is 10.2 Å². The van der Waals surface area contributed by atoms with Crippen LogP contribution in [-0.4, -0.2) is 34.6 Å². The Morgan fingerprint density at radius 1 is 1.19 bits per heavy atom. The van der Waals surface area contributed by atoms with Crippen LogP contribution in [0.5, 0.6) is 5.75 Å². The molecule has 5 nitrogen and oxygen atoms in total. The van der Waals surface area contributed by atoms with E-state index in [0.29, 0.717) is 18.1 Å². The van der Waals surface area contributed by atoms with E-state index in [1.807, 2.05) is 24.3 Å². The van der Waals surface area contributed by atoms with E-state index in [2.05, 4.69) is 21.4 Å². The number of terminal acetylenes is 1. The van der Waals surface area contributed by atoms with Gasteiger partial charge in [0.1, 0.15) is 5.69 Å². The summed E-state index contributed by atoms with van der Waals surface area (Å²) in [6.07, 6.45) is 6.15. The number of nitrogens with one attached hydrogen (secondary N) is 1. The van der Waals surface area contributed by atoms with Crippen LogP contribution in [0.3, 0.4) is 0 Å². The first-order valence-corrected chi connectivity index (χ1v) is 8.27. The van der Waals surface area contributed by atoms with Gasteiger partial charge in [-0.1, -0.05) is 30.2 Å². The van der Waals surface area contributed by atoms with Crippen molar-refractivity contribution in [1.82, 2.24) is 10.2 Å². The highest BCUT2D eigenvalue weighted by Gasteiger charge is 2.20. The van der Waals surface area contributed by atoms with E-state index in [9.17, 15) is 9.50 Å². The second-order valence-electron chi connectivity index (χ2n) is 6.12. The molecule has 3 aromatic rings. The fraction of sp³-hybridized carbons (Fsp3) is 0.200. The number of halogens is 1. The molecule has 1 fully saturated rings. The van der Waals surface area contributed by atoms with Gasteiger partial charge in [0.2, 0.25) is 0 Å². The van der Waals surface area contributed by atoms with E-state index in [1.165, 1.54) is 6.07 Å². The fourth-order valence-corrected chi connectivity index (χ4v) is 3.12. The fourth-order valence-electron chi connectivity index (χ4n) is 3.12. The van der Waals surface area contributed by atoms with Crippen LogP contribution in [0, 0.1) is 18.2 Å². The summed E-state index contributed by atoms with van der Waals surface area (Å²) >= 11 is 0. The molecule has 6 heteroatoms. The van der Waals surface area contributed by atoms with Crippen molar-refractivity contribution in [2.75, 3.05) is 18.5 Å². The highest BCUT2D eigenvalue weighted by atomic mass is 19.1. The van der Waals surface area contributed by atoms with E-state index < -0.39 is 11.6 Å². The molecule has 1 aromatic heterocycles. The third-order valence-electron chi connectivity index (χ3n) is 4.48. The van der Waals surface area contributed by atoms with Gasteiger partial charge in [0.05, 0.1) is 18.2 Å². The normalized spacial score (nSPS) is 16.5. The summed E-state index contributed by atoms with van der Waals surface area (Å²) in [7, 11) is 0. The molecule has 0 aliphatic carbocycles. The first kappa shape index (κ1) is 16.3. The molecule has 2 heterocycles. The molecule has 130 valence electrons. The molecule has 1 atom stereocenters. The Kier molecular flexibility index (Phi) is 4.15. The van der Waals surface area contributed by atoms with Crippen molar-refractivity contribution in [3.05, 3.63) is 47.8 Å². The van der Waals surface area contributed by atoms with E-state index in [4.69, 9.17) is 11.2 Å². The molecule has 0 amide bonds. The average Bonchev–Trinajstić information content (AvgIpc) is 3.18. The first-order valence-electron chi connectivity index (χ1n) is 8.27. The minimum absolute atomic E-state index is 0.00281. The summed E-state index contributed by atoms with van der Waals surface area (Å²) in [5.74, 6) is 1.49. The molecule has 26 heavy (non-hydrogen) atoms. The molecule has 2 N–H and O–H groups in total. The Bertz CT molecular complexity index is 1020. The van der Waals surface area contributed by atoms with Crippen molar-refractivity contribution in [2.45, 2.75) is 12.5 Å². The molecular formula is C20H16FN3O2. The van der Waals surface area contributed by atoms with Crippen LogP contribution in [0.25, 0.3) is 22.0 Å². The topological polar surface area (TPSA) is 67.3 Å². The van der Waals surface area contributed by atoms with Gasteiger partial charge in [-0.3, -0.25) is 0 Å². The molecule has 1 saturated heterocycles. The van der Waals surface area contributed by atoms with E-state index in [-0.39, 0.29) is 17.2 Å². The Balaban J connectivity index is 1.85. The minimum Gasteiger partial charge on any atom is -0.504 e. The summed E-state index contributed by atoms with van der Waals surface area (Å²) < 4.78 is 19.6. The lowest BCUT2D eigenvalue weighted by molar-refractivity contribution is 0.195. The van der Waals surface area contributed by atoms with Crippen LogP contribution < -0.4 is 5.32 Å². The Labute approximate surface area is 149 Å². The van der Waals surface area contributed by atoms with E-state index in [0.717, 1.165) is 23.8 Å². The monoisotopic (exact) mass is 349 g/mol. The number of rotatable bonds is 3. The van der Waals surface area contributed by atoms with Crippen LogP contribution in [0.1, 0.15) is 12.0 Å². The average molecular weight is 349 g/mol. The lowest BCUT2D eigenvalue weighted by Gasteiger charge is -2.15. The maximum absolute atomic E-state index is 14.2. The largest absolute Gasteiger partial charge is 0.504 e. The second kappa shape index (κ2) is 6.62. The number of aromatic hydroxyl groups is 1. The number of hydrogen-bond donors (Lipinski definition) is 2. The van der Waals surface area contributed by atoms with Gasteiger partial charge >= 0.3 is 0 Å². The number of phenols is 1. The number of hydrogen-bond acceptors (Lipinski definition) is 5. The van der Waals surface area contributed by atoms with Gasteiger partial charge in [0.15, 0.2) is 17.4 Å². The third-order valence-corrected chi connectivity index (χ3v) is 4.48. The number of aromatic nitrogens is 2. The van der Waals surface area contributed by atoms with Gasteiger partial charge in [-0.25, -0.2) is 4.39 Å². The summed E-state index contributed by atoms with van der Waals surface area (Å²) in [5, 5.41) is 23.7. The molecular weight excluding hydrogens is 333 g/mol. The summed E-state index contributed by atoms with van der Waals surface area (Å²) in [6, 6.07) is 10.7. The molecule has 0 saturated carbocycles. The van der Waals surface area contributed by atoms with Gasteiger partial charge in [-0.15, -0.1) is 16.6 Å². The maximum Gasteiger partial charge on any atom is 0.181 e. The molecule has 0 unspecified atom stereocenters. The number of benzene rings is 2. The van der Waals surface area contributed by atoms with Crippen molar-refractivity contribution < 1.29 is 14.2 Å². The van der Waals surface area contributed by atoms with Crippen molar-refractivity contribution in [1.29, 1.82) is 0 Å². The SMILES string of the molecule is C#Cc1ccc(-c2nnc(N[C@@H]3CCOC3)c3ccccc23)c(O)c1F. The predicted molar refractivity (Wildman–Crippen MR) is 97.4 cm³/mol. The smallest absolute Gasteiger partial charge is 0.181 e. The highest BCUT2D eigenvalue weighted by Crippen LogP contribution is 2.37. The van der Waals surface area contributed by atoms with Crippen molar-refractivity contribution in [3.8, 4) is 29.4 Å². The van der Waals surface area contributed by atoms with Crippen molar-refractivity contribution in [2.24, 2.45) is 0 Å². The van der Waals surface area contributed by atoms with E-state index >= 15 is 0 Å². The number of nitrogens with zero attached hydrogens (tertiary/aromatic N) is 2. The quantitative estimate of drug-likeness (QED) is 0.710. The van der Waals surface area contributed by atoms with Crippen LogP contribution >= 0.6 is 0 Å². The van der Waals surface area contributed by atoms with Gasteiger partial charge in [-0.05, 0) is 18.6 Å². The molecule has 0 spiro atoms. The van der Waals surface area contributed by atoms with E-state index in [1.54, 1.807) is 6.07 Å². The summed E-state index contributed by atoms with van der Waals surface area (Å²) in [5.41, 5.74) is 0.651. The van der Waals surface area contributed by atoms with Gasteiger partial charge in [-0.2, -0.15) is 0 Å². The molecule has 1 aliphatic rings.